The molecular weight excluding hydrogens is 441 g/mol. The smallest absolute Gasteiger partial charge is 0.339 e. The highest BCUT2D eigenvalue weighted by atomic mass is 32.2. The second-order valence-corrected chi connectivity index (χ2v) is 8.87. The number of benzene rings is 2. The lowest BCUT2D eigenvalue weighted by Gasteiger charge is -2.25. The summed E-state index contributed by atoms with van der Waals surface area (Å²) < 4.78 is 59.6. The number of halogens is 1. The van der Waals surface area contributed by atoms with Gasteiger partial charge in [-0.25, -0.2) is 4.39 Å². The first-order valence-corrected chi connectivity index (χ1v) is 11.5. The molecule has 1 aliphatic rings. The summed E-state index contributed by atoms with van der Waals surface area (Å²) in [6.07, 6.45) is 1.76. The molecule has 0 aliphatic carbocycles. The third-order valence-corrected chi connectivity index (χ3v) is 6.22. The Hall–Kier alpha value is -2.69. The number of hydrogen-bond acceptors (Lipinski definition) is 7. The molecule has 8 nitrogen and oxygen atoms in total. The lowest BCUT2D eigenvalue weighted by Crippen LogP contribution is -2.38. The molecule has 1 amide bonds. The Morgan fingerprint density at radius 2 is 1.91 bits per heavy atom. The van der Waals surface area contributed by atoms with Crippen LogP contribution in [0.4, 0.5) is 4.39 Å². The molecule has 0 N–H and O–H groups in total. The highest BCUT2D eigenvalue weighted by molar-refractivity contribution is 7.87. The molecule has 2 aromatic rings. The standard InChI is InChI=1S/C22H26FNO7S/c1-28-15-22(25)24(14-18-4-3-11-30-18)13-16-5-10-20(29-2)21(12-16)31-32(26,27)19-8-6-17(23)7-9-19/h5-10,12,18H,3-4,11,13-15H2,1-2H3/t18-/m1/s1. The Kier molecular flexibility index (Phi) is 8.05. The summed E-state index contributed by atoms with van der Waals surface area (Å²) in [7, 11) is -1.39. The number of rotatable bonds is 10. The molecule has 1 heterocycles. The largest absolute Gasteiger partial charge is 0.493 e. The van der Waals surface area contributed by atoms with Gasteiger partial charge >= 0.3 is 10.1 Å². The van der Waals surface area contributed by atoms with Crippen LogP contribution >= 0.6 is 0 Å². The van der Waals surface area contributed by atoms with Gasteiger partial charge in [0, 0.05) is 26.8 Å². The number of carbonyl (C=O) groups excluding carboxylic acids is 1. The van der Waals surface area contributed by atoms with E-state index in [2.05, 4.69) is 0 Å². The first-order chi connectivity index (χ1) is 15.3. The molecule has 1 saturated heterocycles. The molecule has 3 rings (SSSR count). The first-order valence-electron chi connectivity index (χ1n) is 10.1. The predicted octanol–water partition coefficient (Wildman–Crippen LogP) is 2.76. The lowest BCUT2D eigenvalue weighted by atomic mass is 10.1. The van der Waals surface area contributed by atoms with Gasteiger partial charge in [-0.1, -0.05) is 6.07 Å². The van der Waals surface area contributed by atoms with Crippen molar-refractivity contribution in [3.05, 3.63) is 53.8 Å². The van der Waals surface area contributed by atoms with E-state index in [-0.39, 0.29) is 41.6 Å². The van der Waals surface area contributed by atoms with Crippen LogP contribution < -0.4 is 8.92 Å². The van der Waals surface area contributed by atoms with Gasteiger partial charge in [-0.3, -0.25) is 4.79 Å². The fraction of sp³-hybridized carbons (Fsp3) is 0.409. The minimum absolute atomic E-state index is 0.0365. The van der Waals surface area contributed by atoms with Crippen LogP contribution in [0.15, 0.2) is 47.4 Å². The van der Waals surface area contributed by atoms with Crippen molar-refractivity contribution in [2.75, 3.05) is 34.0 Å². The fourth-order valence-electron chi connectivity index (χ4n) is 3.38. The van der Waals surface area contributed by atoms with Crippen molar-refractivity contribution in [1.82, 2.24) is 4.90 Å². The Labute approximate surface area is 187 Å². The van der Waals surface area contributed by atoms with Gasteiger partial charge in [0.05, 0.1) is 13.2 Å². The zero-order chi connectivity index (χ0) is 23.1. The van der Waals surface area contributed by atoms with Crippen LogP contribution in [-0.4, -0.2) is 59.3 Å². The Morgan fingerprint density at radius 3 is 2.53 bits per heavy atom. The summed E-state index contributed by atoms with van der Waals surface area (Å²) in [6, 6.07) is 9.10. The van der Waals surface area contributed by atoms with E-state index in [4.69, 9.17) is 18.4 Å². The van der Waals surface area contributed by atoms with E-state index in [1.165, 1.54) is 20.3 Å². The molecule has 0 radical (unpaired) electrons. The van der Waals surface area contributed by atoms with E-state index in [0.717, 1.165) is 37.1 Å². The van der Waals surface area contributed by atoms with Gasteiger partial charge in [0.25, 0.3) is 0 Å². The van der Waals surface area contributed by atoms with E-state index < -0.39 is 15.9 Å². The maximum atomic E-state index is 13.2. The minimum Gasteiger partial charge on any atom is -0.493 e. The molecule has 0 aromatic heterocycles. The third kappa shape index (κ3) is 6.18. The van der Waals surface area contributed by atoms with Gasteiger partial charge in [0.1, 0.15) is 17.3 Å². The van der Waals surface area contributed by atoms with Crippen LogP contribution in [0.2, 0.25) is 0 Å². The molecule has 0 saturated carbocycles. The SMILES string of the molecule is COCC(=O)N(Cc1ccc(OC)c(OS(=O)(=O)c2ccc(F)cc2)c1)C[C@H]1CCCO1. The highest BCUT2D eigenvalue weighted by Crippen LogP contribution is 2.31. The number of ether oxygens (including phenoxy) is 3. The Morgan fingerprint density at radius 1 is 1.16 bits per heavy atom. The van der Waals surface area contributed by atoms with Crippen molar-refractivity contribution >= 4 is 16.0 Å². The molecule has 1 fully saturated rings. The summed E-state index contributed by atoms with van der Waals surface area (Å²) >= 11 is 0. The highest BCUT2D eigenvalue weighted by Gasteiger charge is 2.24. The van der Waals surface area contributed by atoms with Gasteiger partial charge < -0.3 is 23.3 Å². The minimum atomic E-state index is -4.22. The van der Waals surface area contributed by atoms with E-state index in [1.54, 1.807) is 17.0 Å². The topological polar surface area (TPSA) is 91.4 Å². The van der Waals surface area contributed by atoms with Crippen molar-refractivity contribution in [3.63, 3.8) is 0 Å². The molecular formula is C22H26FNO7S. The number of hydrogen-bond donors (Lipinski definition) is 0. The fourth-order valence-corrected chi connectivity index (χ4v) is 4.31. The van der Waals surface area contributed by atoms with Crippen LogP contribution in [0.5, 0.6) is 11.5 Å². The van der Waals surface area contributed by atoms with E-state index in [0.29, 0.717) is 18.7 Å². The molecule has 2 aromatic carbocycles. The van der Waals surface area contributed by atoms with Crippen LogP contribution in [0.25, 0.3) is 0 Å². The summed E-state index contributed by atoms with van der Waals surface area (Å²) in [4.78, 5) is 14.0. The van der Waals surface area contributed by atoms with Crippen LogP contribution in [0.3, 0.4) is 0 Å². The Bertz CT molecular complexity index is 1020. The normalized spacial score (nSPS) is 16.0. The van der Waals surface area contributed by atoms with Crippen molar-refractivity contribution < 1.29 is 36.0 Å². The first kappa shape index (κ1) is 24.0. The van der Waals surface area contributed by atoms with Gasteiger partial charge in [0.15, 0.2) is 11.5 Å². The quantitative estimate of drug-likeness (QED) is 0.496. The Balaban J connectivity index is 1.83. The van der Waals surface area contributed by atoms with Crippen LogP contribution in [0, 0.1) is 5.82 Å². The van der Waals surface area contributed by atoms with Crippen molar-refractivity contribution in [2.45, 2.75) is 30.4 Å². The van der Waals surface area contributed by atoms with Gasteiger partial charge in [-0.2, -0.15) is 8.42 Å². The molecule has 0 unspecified atom stereocenters. The molecule has 32 heavy (non-hydrogen) atoms. The van der Waals surface area contributed by atoms with E-state index in [9.17, 15) is 17.6 Å². The molecule has 0 spiro atoms. The summed E-state index contributed by atoms with van der Waals surface area (Å²) in [6.45, 7) is 1.20. The lowest BCUT2D eigenvalue weighted by molar-refractivity contribution is -0.137. The van der Waals surface area contributed by atoms with E-state index in [1.807, 2.05) is 0 Å². The maximum absolute atomic E-state index is 13.2. The van der Waals surface area contributed by atoms with Crippen molar-refractivity contribution in [1.29, 1.82) is 0 Å². The zero-order valence-electron chi connectivity index (χ0n) is 18.0. The van der Waals surface area contributed by atoms with Crippen molar-refractivity contribution in [2.24, 2.45) is 0 Å². The molecule has 0 bridgehead atoms. The second kappa shape index (κ2) is 10.8. The summed E-state index contributed by atoms with van der Waals surface area (Å²) in [5, 5.41) is 0. The zero-order valence-corrected chi connectivity index (χ0v) is 18.8. The average Bonchev–Trinajstić information content (AvgIpc) is 3.27. The van der Waals surface area contributed by atoms with E-state index >= 15 is 0 Å². The molecule has 10 heteroatoms. The predicted molar refractivity (Wildman–Crippen MR) is 113 cm³/mol. The number of nitrogens with zero attached hydrogens (tertiary/aromatic N) is 1. The number of methoxy groups -OCH3 is 2. The average molecular weight is 468 g/mol. The maximum Gasteiger partial charge on any atom is 0.339 e. The van der Waals surface area contributed by atoms with Crippen molar-refractivity contribution in [3.8, 4) is 11.5 Å². The molecule has 174 valence electrons. The number of carbonyl (C=O) groups is 1. The van der Waals surface area contributed by atoms with Gasteiger partial charge in [-0.15, -0.1) is 0 Å². The second-order valence-electron chi connectivity index (χ2n) is 7.32. The summed E-state index contributed by atoms with van der Waals surface area (Å²) in [5.41, 5.74) is 0.637. The van der Waals surface area contributed by atoms with Crippen LogP contribution in [-0.2, 0) is 30.9 Å². The third-order valence-electron chi connectivity index (χ3n) is 4.97. The van der Waals surface area contributed by atoms with Gasteiger partial charge in [-0.05, 0) is 54.8 Å². The van der Waals surface area contributed by atoms with Crippen LogP contribution in [0.1, 0.15) is 18.4 Å². The molecule has 1 atom stereocenters. The number of amides is 1. The molecule has 1 aliphatic heterocycles. The monoisotopic (exact) mass is 467 g/mol. The summed E-state index contributed by atoms with van der Waals surface area (Å²) in [5.74, 6) is -0.602. The van der Waals surface area contributed by atoms with Gasteiger partial charge in [0.2, 0.25) is 5.91 Å².